The van der Waals surface area contributed by atoms with Crippen molar-refractivity contribution in [3.8, 4) is 0 Å². The van der Waals surface area contributed by atoms with Crippen LogP contribution in [-0.4, -0.2) is 21.6 Å². The molecule has 0 aliphatic heterocycles. The van der Waals surface area contributed by atoms with E-state index in [-0.39, 0.29) is 10.5 Å². The van der Waals surface area contributed by atoms with Gasteiger partial charge in [0.1, 0.15) is 0 Å². The highest BCUT2D eigenvalue weighted by molar-refractivity contribution is 7.11. The van der Waals surface area contributed by atoms with E-state index in [4.69, 9.17) is 5.11 Å². The van der Waals surface area contributed by atoms with Crippen LogP contribution < -0.4 is 5.32 Å². The van der Waals surface area contributed by atoms with Gasteiger partial charge in [-0.15, -0.1) is 11.3 Å². The van der Waals surface area contributed by atoms with E-state index in [2.05, 4.69) is 17.2 Å². The van der Waals surface area contributed by atoms with Crippen LogP contribution in [0.5, 0.6) is 0 Å². The van der Waals surface area contributed by atoms with Crippen molar-refractivity contribution in [3.63, 3.8) is 0 Å². The fraction of sp³-hybridized carbons (Fsp3) is 0.667. The molecule has 1 fully saturated rings. The zero-order valence-corrected chi connectivity index (χ0v) is 10.8. The van der Waals surface area contributed by atoms with Crippen molar-refractivity contribution in [1.29, 1.82) is 0 Å². The topological polar surface area (TPSA) is 62.2 Å². The maximum atomic E-state index is 10.7. The molecule has 0 bridgehead atoms. The Labute approximate surface area is 105 Å². The van der Waals surface area contributed by atoms with Gasteiger partial charge in [0, 0.05) is 17.5 Å². The summed E-state index contributed by atoms with van der Waals surface area (Å²) in [6.45, 7) is 2.91. The van der Waals surface area contributed by atoms with Crippen molar-refractivity contribution in [2.75, 3.05) is 0 Å². The van der Waals surface area contributed by atoms with Gasteiger partial charge >= 0.3 is 5.97 Å². The van der Waals surface area contributed by atoms with E-state index in [1.54, 1.807) is 0 Å². The molecule has 4 nitrogen and oxygen atoms in total. The first kappa shape index (κ1) is 12.5. The molecule has 1 aromatic rings. The van der Waals surface area contributed by atoms with Crippen LogP contribution in [0.15, 0.2) is 5.38 Å². The van der Waals surface area contributed by atoms with Gasteiger partial charge in [0.05, 0.1) is 5.69 Å². The zero-order chi connectivity index (χ0) is 12.3. The number of carbonyl (C=O) groups is 1. The number of nitrogens with one attached hydrogen (secondary N) is 1. The second-order valence-electron chi connectivity index (χ2n) is 4.92. The lowest BCUT2D eigenvalue weighted by molar-refractivity contribution is 0.0696. The number of thiazole rings is 1. The summed E-state index contributed by atoms with van der Waals surface area (Å²) < 4.78 is 0. The number of rotatable bonds is 4. The first-order chi connectivity index (χ1) is 8.09. The molecule has 0 unspecified atom stereocenters. The molecular weight excluding hydrogens is 236 g/mol. The molecule has 1 aliphatic carbocycles. The first-order valence-electron chi connectivity index (χ1n) is 6.02. The fourth-order valence-electron chi connectivity index (χ4n) is 2.30. The number of carboxylic acid groups (broad SMARTS) is 1. The predicted octanol–water partition coefficient (Wildman–Crippen LogP) is 2.65. The summed E-state index contributed by atoms with van der Waals surface area (Å²) in [5.74, 6) is -0.940. The van der Waals surface area contributed by atoms with Crippen LogP contribution in [-0.2, 0) is 6.54 Å². The van der Waals surface area contributed by atoms with Crippen molar-refractivity contribution < 1.29 is 9.90 Å². The molecule has 0 aromatic carbocycles. The minimum absolute atomic E-state index is 0.176. The molecule has 0 atom stereocenters. The SMILES string of the molecule is CC1(NCc2csc(C(=O)O)n2)CCCCC1. The second kappa shape index (κ2) is 5.14. The van der Waals surface area contributed by atoms with Crippen molar-refractivity contribution >= 4 is 17.3 Å². The first-order valence-corrected chi connectivity index (χ1v) is 6.90. The lowest BCUT2D eigenvalue weighted by Gasteiger charge is -2.34. The predicted molar refractivity (Wildman–Crippen MR) is 67.4 cm³/mol. The van der Waals surface area contributed by atoms with Gasteiger partial charge in [0.15, 0.2) is 0 Å². The van der Waals surface area contributed by atoms with Gasteiger partial charge in [-0.25, -0.2) is 9.78 Å². The molecule has 2 N–H and O–H groups in total. The van der Waals surface area contributed by atoms with E-state index in [1.807, 2.05) is 5.38 Å². The van der Waals surface area contributed by atoms with E-state index in [1.165, 1.54) is 43.4 Å². The summed E-state index contributed by atoms with van der Waals surface area (Å²) in [4.78, 5) is 14.8. The van der Waals surface area contributed by atoms with Crippen LogP contribution in [0.2, 0.25) is 0 Å². The van der Waals surface area contributed by atoms with Gasteiger partial charge in [-0.05, 0) is 19.8 Å². The standard InChI is InChI=1S/C12H18N2O2S/c1-12(5-3-2-4-6-12)13-7-9-8-17-10(14-9)11(15)16/h8,13H,2-7H2,1H3,(H,15,16). The smallest absolute Gasteiger partial charge is 0.365 e. The van der Waals surface area contributed by atoms with Crippen molar-refractivity contribution in [1.82, 2.24) is 10.3 Å². The highest BCUT2D eigenvalue weighted by Crippen LogP contribution is 2.27. The Balaban J connectivity index is 1.90. The molecule has 1 heterocycles. The average molecular weight is 254 g/mol. The molecule has 1 aromatic heterocycles. The lowest BCUT2D eigenvalue weighted by atomic mass is 9.83. The Kier molecular flexibility index (Phi) is 3.79. The summed E-state index contributed by atoms with van der Waals surface area (Å²) >= 11 is 1.19. The average Bonchev–Trinajstić information content (AvgIpc) is 2.76. The normalized spacial score (nSPS) is 19.1. The Morgan fingerprint density at radius 3 is 2.82 bits per heavy atom. The maximum Gasteiger partial charge on any atom is 0.365 e. The number of aromatic nitrogens is 1. The number of carboxylic acids is 1. The molecule has 17 heavy (non-hydrogen) atoms. The number of hydrogen-bond donors (Lipinski definition) is 2. The third-order valence-electron chi connectivity index (χ3n) is 3.39. The minimum Gasteiger partial charge on any atom is -0.476 e. The zero-order valence-electron chi connectivity index (χ0n) is 10.0. The van der Waals surface area contributed by atoms with Crippen LogP contribution in [0.25, 0.3) is 0 Å². The summed E-state index contributed by atoms with van der Waals surface area (Å²) in [7, 11) is 0. The van der Waals surface area contributed by atoms with E-state index in [0.29, 0.717) is 6.54 Å². The Morgan fingerprint density at radius 1 is 1.53 bits per heavy atom. The summed E-state index contributed by atoms with van der Waals surface area (Å²) in [5.41, 5.74) is 1.03. The van der Waals surface area contributed by atoms with Crippen molar-refractivity contribution in [3.05, 3.63) is 16.1 Å². The van der Waals surface area contributed by atoms with E-state index < -0.39 is 5.97 Å². The lowest BCUT2D eigenvalue weighted by Crippen LogP contribution is -2.43. The van der Waals surface area contributed by atoms with E-state index in [0.717, 1.165) is 5.69 Å². The quantitative estimate of drug-likeness (QED) is 0.867. The van der Waals surface area contributed by atoms with Crippen LogP contribution >= 0.6 is 11.3 Å². The molecule has 94 valence electrons. The van der Waals surface area contributed by atoms with Crippen molar-refractivity contribution in [2.24, 2.45) is 0 Å². The molecule has 1 saturated carbocycles. The Hall–Kier alpha value is -0.940. The van der Waals surface area contributed by atoms with Crippen LogP contribution in [0, 0.1) is 0 Å². The maximum absolute atomic E-state index is 10.7. The monoisotopic (exact) mass is 254 g/mol. The van der Waals surface area contributed by atoms with Gasteiger partial charge in [-0.1, -0.05) is 19.3 Å². The molecule has 0 radical (unpaired) electrons. The molecule has 0 saturated heterocycles. The fourth-order valence-corrected chi connectivity index (χ4v) is 2.95. The largest absolute Gasteiger partial charge is 0.476 e. The molecule has 1 aliphatic rings. The molecule has 0 amide bonds. The van der Waals surface area contributed by atoms with Gasteiger partial charge in [-0.3, -0.25) is 0 Å². The van der Waals surface area contributed by atoms with Crippen LogP contribution in [0.4, 0.5) is 0 Å². The van der Waals surface area contributed by atoms with Crippen molar-refractivity contribution in [2.45, 2.75) is 51.1 Å². The van der Waals surface area contributed by atoms with E-state index in [9.17, 15) is 4.79 Å². The molecular formula is C12H18N2O2S. The van der Waals surface area contributed by atoms with E-state index >= 15 is 0 Å². The van der Waals surface area contributed by atoms with Crippen LogP contribution in [0.3, 0.4) is 0 Å². The highest BCUT2D eigenvalue weighted by Gasteiger charge is 2.26. The number of nitrogens with zero attached hydrogens (tertiary/aromatic N) is 1. The molecule has 2 rings (SSSR count). The molecule has 5 heteroatoms. The Bertz CT molecular complexity index is 397. The van der Waals surface area contributed by atoms with Gasteiger partial charge in [0.2, 0.25) is 5.01 Å². The summed E-state index contributed by atoms with van der Waals surface area (Å²) in [6, 6.07) is 0. The number of aromatic carboxylic acids is 1. The second-order valence-corrected chi connectivity index (χ2v) is 5.78. The van der Waals surface area contributed by atoms with Gasteiger partial charge in [-0.2, -0.15) is 0 Å². The third kappa shape index (κ3) is 3.26. The highest BCUT2D eigenvalue weighted by atomic mass is 32.1. The van der Waals surface area contributed by atoms with Gasteiger partial charge in [0.25, 0.3) is 0 Å². The Morgan fingerprint density at radius 2 is 2.24 bits per heavy atom. The van der Waals surface area contributed by atoms with Crippen LogP contribution in [0.1, 0.15) is 54.5 Å². The molecule has 0 spiro atoms. The summed E-state index contributed by atoms with van der Waals surface area (Å²) in [6.07, 6.45) is 6.28. The third-order valence-corrected chi connectivity index (χ3v) is 4.27. The number of hydrogen-bond acceptors (Lipinski definition) is 4. The summed E-state index contributed by atoms with van der Waals surface area (Å²) in [5, 5.41) is 14.3. The van der Waals surface area contributed by atoms with Gasteiger partial charge < -0.3 is 10.4 Å². The minimum atomic E-state index is -0.940.